The molecule has 1 saturated heterocycles. The molecule has 7 nitrogen and oxygen atoms in total. The lowest BCUT2D eigenvalue weighted by Gasteiger charge is -2.34. The van der Waals surface area contributed by atoms with E-state index in [1.54, 1.807) is 16.0 Å². The number of nitrogens with zero attached hydrogens (tertiary/aromatic N) is 5. The van der Waals surface area contributed by atoms with Crippen LogP contribution in [0.4, 0.5) is 5.13 Å². The number of thiazole rings is 1. The highest BCUT2D eigenvalue weighted by molar-refractivity contribution is 7.22. The van der Waals surface area contributed by atoms with E-state index in [4.69, 9.17) is 9.72 Å². The van der Waals surface area contributed by atoms with Crippen LogP contribution in [0.15, 0.2) is 24.3 Å². The molecule has 142 valence electrons. The fourth-order valence-electron chi connectivity index (χ4n) is 3.25. The fourth-order valence-corrected chi connectivity index (χ4v) is 4.28. The van der Waals surface area contributed by atoms with Gasteiger partial charge in [-0.25, -0.2) is 4.98 Å². The van der Waals surface area contributed by atoms with Crippen LogP contribution in [-0.2, 0) is 7.05 Å². The van der Waals surface area contributed by atoms with Gasteiger partial charge in [0.15, 0.2) is 10.8 Å². The highest BCUT2D eigenvalue weighted by atomic mass is 32.1. The summed E-state index contributed by atoms with van der Waals surface area (Å²) in [5.41, 5.74) is 2.42. The normalized spacial score (nSPS) is 14.8. The Hall–Kier alpha value is -2.61. The molecule has 1 aliphatic heterocycles. The summed E-state index contributed by atoms with van der Waals surface area (Å²) >= 11 is 1.67. The van der Waals surface area contributed by atoms with E-state index in [0.29, 0.717) is 25.4 Å². The molecule has 0 spiro atoms. The number of hydrogen-bond acceptors (Lipinski definition) is 6. The van der Waals surface area contributed by atoms with Gasteiger partial charge in [-0.1, -0.05) is 17.4 Å². The average molecular weight is 385 g/mol. The molecule has 1 aliphatic rings. The molecular formula is C19H23N5O2S. The lowest BCUT2D eigenvalue weighted by atomic mass is 10.2. The molecule has 0 radical (unpaired) electrons. The van der Waals surface area contributed by atoms with E-state index in [1.165, 1.54) is 0 Å². The summed E-state index contributed by atoms with van der Waals surface area (Å²) < 4.78 is 8.55. The largest absolute Gasteiger partial charge is 0.492 e. The predicted octanol–water partition coefficient (Wildman–Crippen LogP) is 2.70. The summed E-state index contributed by atoms with van der Waals surface area (Å²) in [6, 6.07) is 7.88. The van der Waals surface area contributed by atoms with Crippen LogP contribution in [0.25, 0.3) is 10.2 Å². The van der Waals surface area contributed by atoms with Gasteiger partial charge >= 0.3 is 0 Å². The van der Waals surface area contributed by atoms with Gasteiger partial charge in [-0.05, 0) is 32.0 Å². The molecule has 0 N–H and O–H groups in total. The predicted molar refractivity (Wildman–Crippen MR) is 107 cm³/mol. The third kappa shape index (κ3) is 3.37. The molecule has 0 aliphatic carbocycles. The summed E-state index contributed by atoms with van der Waals surface area (Å²) in [7, 11) is 1.85. The summed E-state index contributed by atoms with van der Waals surface area (Å²) in [6.45, 7) is 7.42. The van der Waals surface area contributed by atoms with Crippen molar-refractivity contribution in [3.63, 3.8) is 0 Å². The summed E-state index contributed by atoms with van der Waals surface area (Å²) in [6.07, 6.45) is 0. The molecule has 3 heterocycles. The standard InChI is InChI=1S/C19H23N5O2S/c1-4-26-15-6-5-7-16-17(15)20-19(27-16)24-10-8-23(9-11-24)18(25)14-12-13(2)22(3)21-14/h5-7,12H,4,8-11H2,1-3H3. The number of ether oxygens (including phenoxy) is 1. The van der Waals surface area contributed by atoms with Crippen molar-refractivity contribution in [3.8, 4) is 5.75 Å². The van der Waals surface area contributed by atoms with Crippen LogP contribution in [0, 0.1) is 6.92 Å². The molecule has 27 heavy (non-hydrogen) atoms. The lowest BCUT2D eigenvalue weighted by Crippen LogP contribution is -2.48. The quantitative estimate of drug-likeness (QED) is 0.691. The van der Waals surface area contributed by atoms with Crippen LogP contribution in [0.2, 0.25) is 0 Å². The zero-order valence-electron chi connectivity index (χ0n) is 15.8. The topological polar surface area (TPSA) is 63.5 Å². The highest BCUT2D eigenvalue weighted by Gasteiger charge is 2.25. The van der Waals surface area contributed by atoms with E-state index < -0.39 is 0 Å². The maximum Gasteiger partial charge on any atom is 0.274 e. The molecule has 8 heteroatoms. The first-order valence-corrected chi connectivity index (χ1v) is 9.95. The number of carbonyl (C=O) groups excluding carboxylic acids is 1. The Bertz CT molecular complexity index is 952. The number of piperazine rings is 1. The van der Waals surface area contributed by atoms with Gasteiger partial charge in [0.05, 0.1) is 11.3 Å². The molecule has 3 aromatic rings. The van der Waals surface area contributed by atoms with Gasteiger partial charge in [-0.3, -0.25) is 9.48 Å². The first kappa shape index (κ1) is 17.8. The van der Waals surface area contributed by atoms with Gasteiger partial charge in [0.2, 0.25) is 0 Å². The second kappa shape index (κ2) is 7.19. The smallest absolute Gasteiger partial charge is 0.274 e. The van der Waals surface area contributed by atoms with Crippen LogP contribution < -0.4 is 9.64 Å². The van der Waals surface area contributed by atoms with Crippen molar-refractivity contribution >= 4 is 32.6 Å². The van der Waals surface area contributed by atoms with E-state index in [-0.39, 0.29) is 5.91 Å². The second-order valence-corrected chi connectivity index (χ2v) is 7.62. The molecule has 2 aromatic heterocycles. The minimum absolute atomic E-state index is 0.00119. The number of aromatic nitrogens is 3. The summed E-state index contributed by atoms with van der Waals surface area (Å²) in [4.78, 5) is 21.6. The second-order valence-electron chi connectivity index (χ2n) is 6.61. The van der Waals surface area contributed by atoms with Crippen molar-refractivity contribution in [2.24, 2.45) is 7.05 Å². The Morgan fingerprint density at radius 2 is 2.04 bits per heavy atom. The van der Waals surface area contributed by atoms with Crippen LogP contribution in [0.3, 0.4) is 0 Å². The minimum atomic E-state index is 0.00119. The molecule has 1 fully saturated rings. The van der Waals surface area contributed by atoms with Gasteiger partial charge in [0.25, 0.3) is 5.91 Å². The number of carbonyl (C=O) groups is 1. The number of benzene rings is 1. The number of aryl methyl sites for hydroxylation is 2. The third-order valence-electron chi connectivity index (χ3n) is 4.84. The molecule has 0 unspecified atom stereocenters. The fraction of sp³-hybridized carbons (Fsp3) is 0.421. The van der Waals surface area contributed by atoms with Crippen molar-refractivity contribution in [1.82, 2.24) is 19.7 Å². The van der Waals surface area contributed by atoms with E-state index in [9.17, 15) is 4.79 Å². The number of anilines is 1. The first-order chi connectivity index (χ1) is 13.1. The molecule has 1 aromatic carbocycles. The molecule has 0 bridgehead atoms. The lowest BCUT2D eigenvalue weighted by molar-refractivity contribution is 0.0740. The zero-order chi connectivity index (χ0) is 19.0. The van der Waals surface area contributed by atoms with E-state index in [1.807, 2.05) is 44.0 Å². The molecule has 4 rings (SSSR count). The number of hydrogen-bond donors (Lipinski definition) is 0. The van der Waals surface area contributed by atoms with Crippen LogP contribution in [0.1, 0.15) is 23.1 Å². The van der Waals surface area contributed by atoms with Crippen LogP contribution >= 0.6 is 11.3 Å². The number of fused-ring (bicyclic) bond motifs is 1. The highest BCUT2D eigenvalue weighted by Crippen LogP contribution is 2.34. The van der Waals surface area contributed by atoms with Crippen molar-refractivity contribution in [3.05, 3.63) is 35.7 Å². The SMILES string of the molecule is CCOc1cccc2sc(N3CCN(C(=O)c4cc(C)n(C)n4)CC3)nc12. The molecule has 0 saturated carbocycles. The Balaban J connectivity index is 1.47. The minimum Gasteiger partial charge on any atom is -0.492 e. The third-order valence-corrected chi connectivity index (χ3v) is 5.92. The van der Waals surface area contributed by atoms with E-state index in [2.05, 4.69) is 16.1 Å². The molecule has 0 atom stereocenters. The Morgan fingerprint density at radius 1 is 1.26 bits per heavy atom. The Morgan fingerprint density at radius 3 is 2.70 bits per heavy atom. The molecular weight excluding hydrogens is 362 g/mol. The van der Waals surface area contributed by atoms with Gasteiger partial charge in [-0.2, -0.15) is 5.10 Å². The number of rotatable bonds is 4. The average Bonchev–Trinajstić information content (AvgIpc) is 3.26. The first-order valence-electron chi connectivity index (χ1n) is 9.14. The Kier molecular flexibility index (Phi) is 4.73. The van der Waals surface area contributed by atoms with Crippen molar-refractivity contribution in [2.75, 3.05) is 37.7 Å². The van der Waals surface area contributed by atoms with Gasteiger partial charge in [0, 0.05) is 38.9 Å². The maximum atomic E-state index is 12.7. The summed E-state index contributed by atoms with van der Waals surface area (Å²) in [5.74, 6) is 0.832. The van der Waals surface area contributed by atoms with E-state index >= 15 is 0 Å². The van der Waals surface area contributed by atoms with Crippen molar-refractivity contribution in [2.45, 2.75) is 13.8 Å². The van der Waals surface area contributed by atoms with E-state index in [0.717, 1.165) is 39.9 Å². The number of amides is 1. The van der Waals surface area contributed by atoms with Gasteiger partial charge in [0.1, 0.15) is 11.3 Å². The van der Waals surface area contributed by atoms with Gasteiger partial charge < -0.3 is 14.5 Å². The monoisotopic (exact) mass is 385 g/mol. The van der Waals surface area contributed by atoms with Crippen molar-refractivity contribution < 1.29 is 9.53 Å². The molecule has 1 amide bonds. The van der Waals surface area contributed by atoms with Crippen LogP contribution in [0.5, 0.6) is 5.75 Å². The summed E-state index contributed by atoms with van der Waals surface area (Å²) in [5, 5.41) is 5.29. The maximum absolute atomic E-state index is 12.7. The Labute approximate surface area is 162 Å². The van der Waals surface area contributed by atoms with Crippen LogP contribution in [-0.4, -0.2) is 58.4 Å². The zero-order valence-corrected chi connectivity index (χ0v) is 16.6. The van der Waals surface area contributed by atoms with Crippen molar-refractivity contribution in [1.29, 1.82) is 0 Å². The van der Waals surface area contributed by atoms with Gasteiger partial charge in [-0.15, -0.1) is 0 Å². The number of para-hydroxylation sites is 1.